The number of rotatable bonds is 5. The molecule has 0 fully saturated rings. The zero-order chi connectivity index (χ0) is 18.0. The number of halogens is 1. The average Bonchev–Trinajstić information content (AvgIpc) is 3.07. The molecule has 0 unspecified atom stereocenters. The van der Waals surface area contributed by atoms with E-state index in [1.807, 2.05) is 0 Å². The van der Waals surface area contributed by atoms with Gasteiger partial charge in [0.05, 0.1) is 19.0 Å². The van der Waals surface area contributed by atoms with Crippen LogP contribution in [0.1, 0.15) is 5.56 Å². The smallest absolute Gasteiger partial charge is 0.271 e. The SMILES string of the molecule is COc1ccc(CN(C)C(=O)Cn2cnc3ccsc3c2=O)cc1F. The highest BCUT2D eigenvalue weighted by atomic mass is 32.1. The molecular weight excluding hydrogens is 345 g/mol. The number of thiophene rings is 1. The van der Waals surface area contributed by atoms with Crippen LogP contribution in [0.15, 0.2) is 40.8 Å². The van der Waals surface area contributed by atoms with Crippen molar-refractivity contribution in [3.63, 3.8) is 0 Å². The van der Waals surface area contributed by atoms with Crippen LogP contribution in [0, 0.1) is 5.82 Å². The fourth-order valence-corrected chi connectivity index (χ4v) is 3.22. The van der Waals surface area contributed by atoms with Crippen LogP contribution < -0.4 is 10.3 Å². The number of ether oxygens (including phenoxy) is 1. The highest BCUT2D eigenvalue weighted by Crippen LogP contribution is 2.18. The van der Waals surface area contributed by atoms with Crippen molar-refractivity contribution >= 4 is 27.5 Å². The van der Waals surface area contributed by atoms with Crippen molar-refractivity contribution in [2.45, 2.75) is 13.1 Å². The van der Waals surface area contributed by atoms with Crippen LogP contribution in [0.4, 0.5) is 4.39 Å². The Morgan fingerprint density at radius 2 is 2.20 bits per heavy atom. The summed E-state index contributed by atoms with van der Waals surface area (Å²) >= 11 is 1.30. The minimum absolute atomic E-state index is 0.116. The molecule has 25 heavy (non-hydrogen) atoms. The minimum Gasteiger partial charge on any atom is -0.494 e. The molecule has 2 aromatic heterocycles. The molecule has 1 aromatic carbocycles. The number of methoxy groups -OCH3 is 1. The van der Waals surface area contributed by atoms with Gasteiger partial charge in [0.2, 0.25) is 5.91 Å². The predicted molar refractivity (Wildman–Crippen MR) is 93.3 cm³/mol. The Morgan fingerprint density at radius 1 is 1.40 bits per heavy atom. The van der Waals surface area contributed by atoms with Gasteiger partial charge in [0, 0.05) is 13.6 Å². The summed E-state index contributed by atoms with van der Waals surface area (Å²) in [6, 6.07) is 6.30. The lowest BCUT2D eigenvalue weighted by molar-refractivity contribution is -0.131. The molecule has 130 valence electrons. The predicted octanol–water partition coefficient (Wildman–Crippen LogP) is 2.26. The Labute approximate surface area is 147 Å². The third-order valence-corrected chi connectivity index (χ3v) is 4.69. The molecule has 0 spiro atoms. The molecule has 0 atom stereocenters. The van der Waals surface area contributed by atoms with Gasteiger partial charge in [0.15, 0.2) is 11.6 Å². The molecule has 6 nitrogen and oxygen atoms in total. The van der Waals surface area contributed by atoms with Gasteiger partial charge in [0.25, 0.3) is 5.56 Å². The van der Waals surface area contributed by atoms with E-state index in [1.165, 1.54) is 46.4 Å². The third-order valence-electron chi connectivity index (χ3n) is 3.80. The van der Waals surface area contributed by atoms with Gasteiger partial charge in [-0.05, 0) is 29.1 Å². The molecule has 0 bridgehead atoms. The molecule has 0 saturated heterocycles. The monoisotopic (exact) mass is 361 g/mol. The number of amides is 1. The number of carbonyl (C=O) groups excluding carboxylic acids is 1. The van der Waals surface area contributed by atoms with Crippen LogP contribution in [-0.4, -0.2) is 34.5 Å². The van der Waals surface area contributed by atoms with Gasteiger partial charge >= 0.3 is 0 Å². The van der Waals surface area contributed by atoms with Crippen molar-refractivity contribution in [1.29, 1.82) is 0 Å². The van der Waals surface area contributed by atoms with Gasteiger partial charge in [-0.3, -0.25) is 14.2 Å². The van der Waals surface area contributed by atoms with Gasteiger partial charge in [-0.1, -0.05) is 6.07 Å². The molecule has 0 N–H and O–H groups in total. The Hall–Kier alpha value is -2.74. The molecule has 0 saturated carbocycles. The Bertz CT molecular complexity index is 983. The normalized spacial score (nSPS) is 10.8. The summed E-state index contributed by atoms with van der Waals surface area (Å²) in [6.45, 7) is 0.109. The topological polar surface area (TPSA) is 64.4 Å². The number of fused-ring (bicyclic) bond motifs is 1. The standard InChI is InChI=1S/C17H16FN3O3S/c1-20(8-11-3-4-14(24-2)12(18)7-11)15(22)9-21-10-19-13-5-6-25-16(13)17(21)23/h3-7,10H,8-9H2,1-2H3. The summed E-state index contributed by atoms with van der Waals surface area (Å²) in [5, 5.41) is 1.79. The third kappa shape index (κ3) is 3.53. The molecule has 3 rings (SSSR count). The molecule has 3 aromatic rings. The van der Waals surface area contributed by atoms with Gasteiger partial charge < -0.3 is 9.64 Å². The largest absolute Gasteiger partial charge is 0.494 e. The van der Waals surface area contributed by atoms with Crippen molar-refractivity contribution in [2.75, 3.05) is 14.2 Å². The Balaban J connectivity index is 1.72. The minimum atomic E-state index is -0.482. The van der Waals surface area contributed by atoms with E-state index in [0.29, 0.717) is 15.8 Å². The van der Waals surface area contributed by atoms with Crippen molar-refractivity contribution in [3.05, 3.63) is 57.7 Å². The fourth-order valence-electron chi connectivity index (χ4n) is 2.43. The van der Waals surface area contributed by atoms with Crippen LogP contribution in [0.2, 0.25) is 0 Å². The highest BCUT2D eigenvalue weighted by molar-refractivity contribution is 7.17. The lowest BCUT2D eigenvalue weighted by Crippen LogP contribution is -2.33. The molecule has 8 heteroatoms. The molecule has 0 radical (unpaired) electrons. The quantitative estimate of drug-likeness (QED) is 0.699. The number of likely N-dealkylation sites (N-methyl/N-ethyl adjacent to an activating group) is 1. The van der Waals surface area contributed by atoms with E-state index in [9.17, 15) is 14.0 Å². The first-order valence-electron chi connectivity index (χ1n) is 7.48. The molecule has 0 aliphatic rings. The first-order chi connectivity index (χ1) is 12.0. The number of carbonyl (C=O) groups is 1. The number of aromatic nitrogens is 2. The molecular formula is C17H16FN3O3S. The summed E-state index contributed by atoms with van der Waals surface area (Å²) in [7, 11) is 3.00. The van der Waals surface area contributed by atoms with Gasteiger partial charge in [-0.15, -0.1) is 11.3 Å². The first-order valence-corrected chi connectivity index (χ1v) is 8.36. The first kappa shape index (κ1) is 17.1. The maximum atomic E-state index is 13.7. The molecule has 0 aliphatic carbocycles. The molecule has 1 amide bonds. The fraction of sp³-hybridized carbons (Fsp3) is 0.235. The van der Waals surface area contributed by atoms with E-state index < -0.39 is 5.82 Å². The van der Waals surface area contributed by atoms with Crippen LogP contribution in [-0.2, 0) is 17.9 Å². The van der Waals surface area contributed by atoms with Gasteiger partial charge in [0.1, 0.15) is 11.2 Å². The summed E-state index contributed by atoms with van der Waals surface area (Å²) in [5.74, 6) is -0.597. The Morgan fingerprint density at radius 3 is 2.92 bits per heavy atom. The van der Waals surface area contributed by atoms with Gasteiger partial charge in [-0.25, -0.2) is 9.37 Å². The van der Waals surface area contributed by atoms with Crippen molar-refractivity contribution in [3.8, 4) is 5.75 Å². The average molecular weight is 361 g/mol. The molecule has 0 aliphatic heterocycles. The number of nitrogens with zero attached hydrogens (tertiary/aromatic N) is 3. The van der Waals surface area contributed by atoms with E-state index in [4.69, 9.17) is 4.74 Å². The summed E-state index contributed by atoms with van der Waals surface area (Å²) in [4.78, 5) is 30.3. The molecule has 2 heterocycles. The second-order valence-electron chi connectivity index (χ2n) is 5.53. The van der Waals surface area contributed by atoms with Crippen LogP contribution in [0.5, 0.6) is 5.75 Å². The maximum absolute atomic E-state index is 13.7. The van der Waals surface area contributed by atoms with Crippen molar-refractivity contribution < 1.29 is 13.9 Å². The summed E-state index contributed by atoms with van der Waals surface area (Å²) < 4.78 is 20.4. The lowest BCUT2D eigenvalue weighted by atomic mass is 10.2. The highest BCUT2D eigenvalue weighted by Gasteiger charge is 2.14. The summed E-state index contributed by atoms with van der Waals surface area (Å²) in [5.41, 5.74) is 1.02. The zero-order valence-corrected chi connectivity index (χ0v) is 14.5. The second kappa shape index (κ2) is 7.02. The van der Waals surface area contributed by atoms with E-state index in [-0.39, 0.29) is 30.3 Å². The van der Waals surface area contributed by atoms with Crippen LogP contribution >= 0.6 is 11.3 Å². The van der Waals surface area contributed by atoms with Crippen LogP contribution in [0.3, 0.4) is 0 Å². The van der Waals surface area contributed by atoms with Crippen molar-refractivity contribution in [2.24, 2.45) is 0 Å². The van der Waals surface area contributed by atoms with Gasteiger partial charge in [-0.2, -0.15) is 0 Å². The van der Waals surface area contributed by atoms with E-state index in [2.05, 4.69) is 4.98 Å². The zero-order valence-electron chi connectivity index (χ0n) is 13.7. The maximum Gasteiger partial charge on any atom is 0.271 e. The van der Waals surface area contributed by atoms with Crippen LogP contribution in [0.25, 0.3) is 10.2 Å². The Kier molecular flexibility index (Phi) is 4.80. The number of benzene rings is 1. The number of hydrogen-bond acceptors (Lipinski definition) is 5. The van der Waals surface area contributed by atoms with Crippen molar-refractivity contribution in [1.82, 2.24) is 14.5 Å². The number of hydrogen-bond donors (Lipinski definition) is 0. The van der Waals surface area contributed by atoms with E-state index in [0.717, 1.165) is 0 Å². The lowest BCUT2D eigenvalue weighted by Gasteiger charge is -2.18. The van der Waals surface area contributed by atoms with E-state index in [1.54, 1.807) is 24.6 Å². The summed E-state index contributed by atoms with van der Waals surface area (Å²) in [6.07, 6.45) is 1.37. The second-order valence-corrected chi connectivity index (χ2v) is 6.45. The van der Waals surface area contributed by atoms with E-state index >= 15 is 0 Å².